The zero-order valence-electron chi connectivity index (χ0n) is 11.9. The highest BCUT2D eigenvalue weighted by Gasteiger charge is 2.08. The third-order valence-corrected chi connectivity index (χ3v) is 2.56. The number of carbonyl (C=O) groups excluding carboxylic acids is 1. The lowest BCUT2D eigenvalue weighted by Crippen LogP contribution is -2.31. The van der Waals surface area contributed by atoms with E-state index in [0.29, 0.717) is 23.8 Å². The van der Waals surface area contributed by atoms with Gasteiger partial charge in [0.25, 0.3) is 0 Å². The first-order chi connectivity index (χ1) is 9.52. The van der Waals surface area contributed by atoms with Crippen LogP contribution in [0.1, 0.15) is 24.2 Å². The number of ether oxygens (including phenoxy) is 2. The molecule has 0 atom stereocenters. The Morgan fingerprint density at radius 2 is 1.95 bits per heavy atom. The number of methoxy groups -OCH3 is 1. The molecule has 0 fully saturated rings. The van der Waals surface area contributed by atoms with Crippen molar-refractivity contribution in [3.8, 4) is 0 Å². The van der Waals surface area contributed by atoms with Crippen LogP contribution in [0.3, 0.4) is 0 Å². The maximum Gasteiger partial charge on any atom is 0.338 e. The van der Waals surface area contributed by atoms with Gasteiger partial charge in [0.05, 0.1) is 18.3 Å². The molecule has 0 heterocycles. The van der Waals surface area contributed by atoms with Gasteiger partial charge in [-0.05, 0) is 50.3 Å². The zero-order valence-corrected chi connectivity index (χ0v) is 12.8. The Balaban J connectivity index is 2.50. The number of hydrogen-bond acceptors (Lipinski definition) is 4. The molecule has 0 saturated carbocycles. The smallest absolute Gasteiger partial charge is 0.338 e. The summed E-state index contributed by atoms with van der Waals surface area (Å²) < 4.78 is 10.0. The fraction of sp³-hybridized carbons (Fsp3) is 0.429. The highest BCUT2D eigenvalue weighted by molar-refractivity contribution is 7.80. The third-order valence-electron chi connectivity index (χ3n) is 2.31. The van der Waals surface area contributed by atoms with Crippen LogP contribution in [-0.2, 0) is 9.47 Å². The van der Waals surface area contributed by atoms with Crippen molar-refractivity contribution >= 4 is 29.0 Å². The Morgan fingerprint density at radius 1 is 1.30 bits per heavy atom. The van der Waals surface area contributed by atoms with Crippen LogP contribution < -0.4 is 10.6 Å². The number of esters is 1. The van der Waals surface area contributed by atoms with Crippen LogP contribution in [0.25, 0.3) is 0 Å². The fourth-order valence-electron chi connectivity index (χ4n) is 1.41. The Kier molecular flexibility index (Phi) is 6.97. The summed E-state index contributed by atoms with van der Waals surface area (Å²) in [6, 6.07) is 6.96. The summed E-state index contributed by atoms with van der Waals surface area (Å²) in [5.74, 6) is -0.327. The lowest BCUT2D eigenvalue weighted by Gasteiger charge is -2.11. The molecular weight excluding hydrogens is 276 g/mol. The average Bonchev–Trinajstić information content (AvgIpc) is 2.39. The molecule has 5 nitrogen and oxygen atoms in total. The average molecular weight is 296 g/mol. The third kappa shape index (κ3) is 5.99. The molecule has 0 amide bonds. The van der Waals surface area contributed by atoms with Crippen LogP contribution in [0.15, 0.2) is 24.3 Å². The van der Waals surface area contributed by atoms with E-state index in [1.807, 2.05) is 13.8 Å². The second-order valence-corrected chi connectivity index (χ2v) is 4.81. The van der Waals surface area contributed by atoms with Crippen molar-refractivity contribution in [2.75, 3.05) is 25.6 Å². The second kappa shape index (κ2) is 8.50. The van der Waals surface area contributed by atoms with E-state index in [1.54, 1.807) is 31.4 Å². The van der Waals surface area contributed by atoms with E-state index in [9.17, 15) is 4.79 Å². The van der Waals surface area contributed by atoms with Crippen LogP contribution in [0.2, 0.25) is 0 Å². The summed E-state index contributed by atoms with van der Waals surface area (Å²) in [6.07, 6.45) is -0.127. The number of benzene rings is 1. The van der Waals surface area contributed by atoms with E-state index in [4.69, 9.17) is 21.7 Å². The van der Waals surface area contributed by atoms with Crippen LogP contribution >= 0.6 is 12.2 Å². The Hall–Kier alpha value is -1.66. The van der Waals surface area contributed by atoms with Crippen molar-refractivity contribution < 1.29 is 14.3 Å². The van der Waals surface area contributed by atoms with Crippen molar-refractivity contribution in [1.82, 2.24) is 5.32 Å². The SMILES string of the molecule is COCCNC(=S)Nc1ccc(C(=O)OC(C)C)cc1. The molecule has 0 unspecified atom stereocenters. The Bertz CT molecular complexity index is 446. The van der Waals surface area contributed by atoms with Gasteiger partial charge in [-0.3, -0.25) is 0 Å². The second-order valence-electron chi connectivity index (χ2n) is 4.41. The van der Waals surface area contributed by atoms with E-state index in [2.05, 4.69) is 10.6 Å². The minimum Gasteiger partial charge on any atom is -0.459 e. The van der Waals surface area contributed by atoms with Crippen LogP contribution in [-0.4, -0.2) is 37.4 Å². The summed E-state index contributed by atoms with van der Waals surface area (Å²) in [4.78, 5) is 11.7. The first kappa shape index (κ1) is 16.4. The summed E-state index contributed by atoms with van der Waals surface area (Å²) in [5, 5.41) is 6.53. The molecule has 0 saturated heterocycles. The molecule has 0 aliphatic heterocycles. The summed E-state index contributed by atoms with van der Waals surface area (Å²) in [7, 11) is 1.63. The molecule has 0 aliphatic rings. The molecule has 0 aromatic heterocycles. The number of thiocarbonyl (C=S) groups is 1. The first-order valence-corrected chi connectivity index (χ1v) is 6.78. The van der Waals surface area contributed by atoms with Crippen LogP contribution in [0.4, 0.5) is 5.69 Å². The molecule has 1 aromatic rings. The van der Waals surface area contributed by atoms with Crippen molar-refractivity contribution in [1.29, 1.82) is 0 Å². The standard InChI is InChI=1S/C14H20N2O3S/c1-10(2)19-13(17)11-4-6-12(7-5-11)16-14(20)15-8-9-18-3/h4-7,10H,8-9H2,1-3H3,(H2,15,16,20). The van der Waals surface area contributed by atoms with Gasteiger partial charge in [-0.25, -0.2) is 4.79 Å². The lowest BCUT2D eigenvalue weighted by atomic mass is 10.2. The van der Waals surface area contributed by atoms with Gasteiger partial charge in [0.1, 0.15) is 0 Å². The molecule has 0 bridgehead atoms. The van der Waals surface area contributed by atoms with Crippen LogP contribution in [0.5, 0.6) is 0 Å². The quantitative estimate of drug-likeness (QED) is 0.477. The van der Waals surface area contributed by atoms with Crippen LogP contribution in [0, 0.1) is 0 Å². The minimum atomic E-state index is -0.327. The Morgan fingerprint density at radius 3 is 2.50 bits per heavy atom. The zero-order chi connectivity index (χ0) is 15.0. The largest absolute Gasteiger partial charge is 0.459 e. The van der Waals surface area contributed by atoms with Gasteiger partial charge in [-0.2, -0.15) is 0 Å². The Labute approximate surface area is 124 Å². The molecule has 0 aliphatic carbocycles. The van der Waals surface area contributed by atoms with Gasteiger partial charge >= 0.3 is 5.97 Å². The monoisotopic (exact) mass is 296 g/mol. The van der Waals surface area contributed by atoms with Gasteiger partial charge in [0.2, 0.25) is 0 Å². The molecule has 1 rings (SSSR count). The van der Waals surface area contributed by atoms with Crippen molar-refractivity contribution in [3.63, 3.8) is 0 Å². The molecule has 20 heavy (non-hydrogen) atoms. The first-order valence-electron chi connectivity index (χ1n) is 6.37. The molecule has 0 radical (unpaired) electrons. The number of anilines is 1. The van der Waals surface area contributed by atoms with E-state index in [-0.39, 0.29) is 12.1 Å². The van der Waals surface area contributed by atoms with Gasteiger partial charge in [0, 0.05) is 19.3 Å². The van der Waals surface area contributed by atoms with Gasteiger partial charge in [-0.1, -0.05) is 0 Å². The number of nitrogens with one attached hydrogen (secondary N) is 2. The van der Waals surface area contributed by atoms with Gasteiger partial charge in [-0.15, -0.1) is 0 Å². The van der Waals surface area contributed by atoms with Crippen molar-refractivity contribution in [2.45, 2.75) is 20.0 Å². The van der Waals surface area contributed by atoms with E-state index >= 15 is 0 Å². The summed E-state index contributed by atoms with van der Waals surface area (Å²) >= 11 is 5.12. The maximum atomic E-state index is 11.7. The minimum absolute atomic E-state index is 0.127. The predicted octanol–water partition coefficient (Wildman–Crippen LogP) is 2.18. The van der Waals surface area contributed by atoms with E-state index < -0.39 is 0 Å². The molecule has 1 aromatic carbocycles. The van der Waals surface area contributed by atoms with Crippen molar-refractivity contribution in [3.05, 3.63) is 29.8 Å². The predicted molar refractivity (Wildman–Crippen MR) is 83.1 cm³/mol. The fourth-order valence-corrected chi connectivity index (χ4v) is 1.63. The highest BCUT2D eigenvalue weighted by Crippen LogP contribution is 2.11. The number of carbonyl (C=O) groups is 1. The summed E-state index contributed by atoms with van der Waals surface area (Å²) in [5.41, 5.74) is 1.32. The molecule has 0 spiro atoms. The molecule has 6 heteroatoms. The number of hydrogen-bond donors (Lipinski definition) is 2. The van der Waals surface area contributed by atoms with Crippen molar-refractivity contribution in [2.24, 2.45) is 0 Å². The maximum absolute atomic E-state index is 11.7. The summed E-state index contributed by atoms with van der Waals surface area (Å²) in [6.45, 7) is 4.86. The van der Waals surface area contributed by atoms with E-state index in [0.717, 1.165) is 5.69 Å². The number of rotatable bonds is 6. The lowest BCUT2D eigenvalue weighted by molar-refractivity contribution is 0.0378. The highest BCUT2D eigenvalue weighted by atomic mass is 32.1. The van der Waals surface area contributed by atoms with Gasteiger partial charge < -0.3 is 20.1 Å². The topological polar surface area (TPSA) is 59.6 Å². The normalized spacial score (nSPS) is 10.2. The van der Waals surface area contributed by atoms with Gasteiger partial charge in [0.15, 0.2) is 5.11 Å². The molecular formula is C14H20N2O3S. The van der Waals surface area contributed by atoms with E-state index in [1.165, 1.54) is 0 Å². The molecule has 2 N–H and O–H groups in total. The molecule has 110 valence electrons.